The summed E-state index contributed by atoms with van der Waals surface area (Å²) in [6, 6.07) is 5.70. The van der Waals surface area contributed by atoms with E-state index in [1.165, 1.54) is 5.56 Å². The number of benzene rings is 1. The molecule has 0 aliphatic heterocycles. The van der Waals surface area contributed by atoms with E-state index in [2.05, 4.69) is 39.9 Å². The lowest BCUT2D eigenvalue weighted by Gasteiger charge is -2.09. The molecule has 3 nitrogen and oxygen atoms in total. The van der Waals surface area contributed by atoms with E-state index in [-0.39, 0.29) is 0 Å². The first kappa shape index (κ1) is 13.3. The van der Waals surface area contributed by atoms with E-state index in [9.17, 15) is 0 Å². The molecule has 0 spiro atoms. The molecular formula is C15H14ClN3S. The first-order valence-electron chi connectivity index (χ1n) is 6.43. The summed E-state index contributed by atoms with van der Waals surface area (Å²) in [6.45, 7) is 4.94. The van der Waals surface area contributed by atoms with Crippen molar-refractivity contribution in [3.63, 3.8) is 0 Å². The number of halogens is 1. The third-order valence-electron chi connectivity index (χ3n) is 3.10. The summed E-state index contributed by atoms with van der Waals surface area (Å²) in [5.74, 6) is 1.60. The van der Waals surface area contributed by atoms with E-state index in [1.54, 1.807) is 11.3 Å². The second-order valence-electron chi connectivity index (χ2n) is 4.56. The Hall–Kier alpha value is -1.65. The molecule has 5 heteroatoms. The van der Waals surface area contributed by atoms with E-state index >= 15 is 0 Å². The lowest BCUT2D eigenvalue weighted by molar-refractivity contribution is 1.14. The molecule has 0 saturated carbocycles. The quantitative estimate of drug-likeness (QED) is 0.758. The van der Waals surface area contributed by atoms with Crippen LogP contribution in [0.4, 0.5) is 5.82 Å². The van der Waals surface area contributed by atoms with Crippen LogP contribution in [0.25, 0.3) is 22.3 Å². The van der Waals surface area contributed by atoms with Crippen LogP contribution in [0.15, 0.2) is 29.0 Å². The number of thiophene rings is 1. The smallest absolute Gasteiger partial charge is 0.163 e. The first-order chi connectivity index (χ1) is 9.69. The summed E-state index contributed by atoms with van der Waals surface area (Å²) in [5.41, 5.74) is 3.14. The number of fused-ring (bicyclic) bond motifs is 1. The standard InChI is InChI=1S/C15H14ClN3S/c1-3-17-14-11-5-4-10(16)6-13(11)18-15(19-14)12-8-20-7-9(12)2/h4-8H,3H2,1-2H3,(H,17,18,19). The molecule has 20 heavy (non-hydrogen) atoms. The molecule has 0 saturated heterocycles. The van der Waals surface area contributed by atoms with Crippen LogP contribution in [0.1, 0.15) is 12.5 Å². The molecule has 0 fully saturated rings. The molecule has 0 unspecified atom stereocenters. The van der Waals surface area contributed by atoms with Gasteiger partial charge in [0.05, 0.1) is 5.52 Å². The van der Waals surface area contributed by atoms with Crippen molar-refractivity contribution in [3.8, 4) is 11.4 Å². The second kappa shape index (κ2) is 5.38. The topological polar surface area (TPSA) is 37.8 Å². The van der Waals surface area contributed by atoms with Crippen molar-refractivity contribution in [1.29, 1.82) is 0 Å². The Morgan fingerprint density at radius 3 is 2.80 bits per heavy atom. The van der Waals surface area contributed by atoms with Gasteiger partial charge < -0.3 is 5.32 Å². The monoisotopic (exact) mass is 303 g/mol. The van der Waals surface area contributed by atoms with Gasteiger partial charge in [0.2, 0.25) is 0 Å². The Labute approximate surface area is 126 Å². The Balaban J connectivity index is 2.26. The summed E-state index contributed by atoms with van der Waals surface area (Å²) >= 11 is 7.74. The van der Waals surface area contributed by atoms with Gasteiger partial charge in [-0.05, 0) is 43.0 Å². The zero-order valence-electron chi connectivity index (χ0n) is 11.3. The average Bonchev–Trinajstić information content (AvgIpc) is 2.84. The van der Waals surface area contributed by atoms with Gasteiger partial charge in [-0.15, -0.1) is 0 Å². The highest BCUT2D eigenvalue weighted by molar-refractivity contribution is 7.08. The van der Waals surface area contributed by atoms with E-state index in [4.69, 9.17) is 11.6 Å². The number of aromatic nitrogens is 2. The summed E-state index contributed by atoms with van der Waals surface area (Å²) in [5, 5.41) is 9.17. The van der Waals surface area contributed by atoms with Crippen LogP contribution < -0.4 is 5.32 Å². The number of aryl methyl sites for hydroxylation is 1. The van der Waals surface area contributed by atoms with Crippen molar-refractivity contribution in [2.45, 2.75) is 13.8 Å². The normalized spacial score (nSPS) is 10.9. The summed E-state index contributed by atoms with van der Waals surface area (Å²) in [6.07, 6.45) is 0. The van der Waals surface area contributed by atoms with Gasteiger partial charge in [0.25, 0.3) is 0 Å². The number of nitrogens with zero attached hydrogens (tertiary/aromatic N) is 2. The van der Waals surface area contributed by atoms with E-state index < -0.39 is 0 Å². The number of rotatable bonds is 3. The largest absolute Gasteiger partial charge is 0.370 e. The Kier molecular flexibility index (Phi) is 3.59. The van der Waals surface area contributed by atoms with Gasteiger partial charge in [0.15, 0.2) is 5.82 Å². The molecule has 0 aliphatic carbocycles. The van der Waals surface area contributed by atoms with E-state index in [0.717, 1.165) is 34.7 Å². The predicted octanol–water partition coefficient (Wildman–Crippen LogP) is 4.75. The Bertz CT molecular complexity index is 767. The van der Waals surface area contributed by atoms with Crippen LogP contribution in [0, 0.1) is 6.92 Å². The van der Waals surface area contributed by atoms with Gasteiger partial charge in [-0.1, -0.05) is 11.6 Å². The molecule has 1 N–H and O–H groups in total. The highest BCUT2D eigenvalue weighted by atomic mass is 35.5. The van der Waals surface area contributed by atoms with Crippen LogP contribution in [-0.2, 0) is 0 Å². The Morgan fingerprint density at radius 1 is 1.25 bits per heavy atom. The minimum atomic E-state index is 0.687. The molecule has 2 heterocycles. The number of hydrogen-bond acceptors (Lipinski definition) is 4. The second-order valence-corrected chi connectivity index (χ2v) is 5.74. The van der Waals surface area contributed by atoms with E-state index in [1.807, 2.05) is 18.2 Å². The predicted molar refractivity (Wildman–Crippen MR) is 86.8 cm³/mol. The molecule has 0 radical (unpaired) electrons. The maximum absolute atomic E-state index is 6.08. The third-order valence-corrected chi connectivity index (χ3v) is 4.20. The lowest BCUT2D eigenvalue weighted by Crippen LogP contribution is -2.03. The summed E-state index contributed by atoms with van der Waals surface area (Å²) in [4.78, 5) is 9.32. The fourth-order valence-corrected chi connectivity index (χ4v) is 3.11. The van der Waals surface area contributed by atoms with Crippen LogP contribution in [0.5, 0.6) is 0 Å². The van der Waals surface area contributed by atoms with Crippen molar-refractivity contribution in [1.82, 2.24) is 9.97 Å². The fraction of sp³-hybridized carbons (Fsp3) is 0.200. The number of anilines is 1. The van der Waals surface area contributed by atoms with Crippen LogP contribution >= 0.6 is 22.9 Å². The van der Waals surface area contributed by atoms with E-state index in [0.29, 0.717) is 5.02 Å². The molecule has 1 aromatic carbocycles. The molecule has 0 aliphatic rings. The van der Waals surface area contributed by atoms with Gasteiger partial charge in [-0.3, -0.25) is 0 Å². The number of nitrogens with one attached hydrogen (secondary N) is 1. The molecule has 102 valence electrons. The zero-order valence-corrected chi connectivity index (χ0v) is 12.8. The van der Waals surface area contributed by atoms with Crippen LogP contribution in [0.3, 0.4) is 0 Å². The van der Waals surface area contributed by atoms with Crippen LogP contribution in [0.2, 0.25) is 5.02 Å². The van der Waals surface area contributed by atoms with Gasteiger partial charge in [-0.2, -0.15) is 11.3 Å². The Morgan fingerprint density at radius 2 is 2.10 bits per heavy atom. The molecular weight excluding hydrogens is 290 g/mol. The third kappa shape index (κ3) is 2.37. The lowest BCUT2D eigenvalue weighted by atomic mass is 10.2. The molecule has 0 amide bonds. The molecule has 0 atom stereocenters. The van der Waals surface area contributed by atoms with Crippen molar-refractivity contribution in [2.75, 3.05) is 11.9 Å². The van der Waals surface area contributed by atoms with Gasteiger partial charge >= 0.3 is 0 Å². The van der Waals surface area contributed by atoms with Gasteiger partial charge in [-0.25, -0.2) is 9.97 Å². The highest BCUT2D eigenvalue weighted by Crippen LogP contribution is 2.29. The minimum absolute atomic E-state index is 0.687. The van der Waals surface area contributed by atoms with Crippen molar-refractivity contribution in [2.24, 2.45) is 0 Å². The van der Waals surface area contributed by atoms with Crippen LogP contribution in [-0.4, -0.2) is 16.5 Å². The zero-order chi connectivity index (χ0) is 14.1. The maximum atomic E-state index is 6.08. The van der Waals surface area contributed by atoms with Crippen molar-refractivity contribution >= 4 is 39.7 Å². The fourth-order valence-electron chi connectivity index (χ4n) is 2.12. The molecule has 0 bridgehead atoms. The van der Waals surface area contributed by atoms with Crippen molar-refractivity contribution in [3.05, 3.63) is 39.5 Å². The molecule has 2 aromatic heterocycles. The first-order valence-corrected chi connectivity index (χ1v) is 7.75. The number of hydrogen-bond donors (Lipinski definition) is 1. The summed E-state index contributed by atoms with van der Waals surface area (Å²) < 4.78 is 0. The molecule has 3 aromatic rings. The van der Waals surface area contributed by atoms with Gasteiger partial charge in [0.1, 0.15) is 5.82 Å². The average molecular weight is 304 g/mol. The molecule has 3 rings (SSSR count). The van der Waals surface area contributed by atoms with Crippen molar-refractivity contribution < 1.29 is 0 Å². The van der Waals surface area contributed by atoms with Gasteiger partial charge in [0, 0.05) is 27.9 Å². The SMILES string of the molecule is CCNc1nc(-c2cscc2C)nc2cc(Cl)ccc12. The maximum Gasteiger partial charge on any atom is 0.163 e. The summed E-state index contributed by atoms with van der Waals surface area (Å²) in [7, 11) is 0. The highest BCUT2D eigenvalue weighted by Gasteiger charge is 2.11. The minimum Gasteiger partial charge on any atom is -0.370 e.